The van der Waals surface area contributed by atoms with Gasteiger partial charge in [-0.1, -0.05) is 30.7 Å². The quantitative estimate of drug-likeness (QED) is 0.386. The third-order valence-electron chi connectivity index (χ3n) is 5.39. The van der Waals surface area contributed by atoms with Crippen molar-refractivity contribution in [3.63, 3.8) is 0 Å². The highest BCUT2D eigenvalue weighted by Crippen LogP contribution is 2.28. The molecule has 1 atom stereocenters. The Morgan fingerprint density at radius 1 is 1.12 bits per heavy atom. The fourth-order valence-corrected chi connectivity index (χ4v) is 3.39. The van der Waals surface area contributed by atoms with Crippen LogP contribution in [0.2, 0.25) is 0 Å². The molecular weight excluding hydrogens is 404 g/mol. The zero-order valence-corrected chi connectivity index (χ0v) is 19.2. The molecule has 32 heavy (non-hydrogen) atoms. The largest absolute Gasteiger partial charge is 0.493 e. The summed E-state index contributed by atoms with van der Waals surface area (Å²) in [5.41, 5.74) is 1.86. The van der Waals surface area contributed by atoms with Crippen LogP contribution in [0.15, 0.2) is 53.5 Å². The van der Waals surface area contributed by atoms with Crippen molar-refractivity contribution >= 4 is 17.6 Å². The molecule has 0 aromatic heterocycles. The number of ether oxygens (including phenoxy) is 2. The molecule has 1 unspecified atom stereocenters. The Morgan fingerprint density at radius 3 is 2.59 bits per heavy atom. The third-order valence-corrected chi connectivity index (χ3v) is 5.39. The van der Waals surface area contributed by atoms with Crippen molar-refractivity contribution in [2.75, 3.05) is 25.5 Å². The van der Waals surface area contributed by atoms with Crippen LogP contribution in [0.5, 0.6) is 11.5 Å². The van der Waals surface area contributed by atoms with E-state index < -0.39 is 0 Å². The van der Waals surface area contributed by atoms with E-state index in [1.54, 1.807) is 7.11 Å². The van der Waals surface area contributed by atoms with Crippen LogP contribution in [-0.4, -0.2) is 38.2 Å². The number of aliphatic imine (C=N–C) groups is 1. The summed E-state index contributed by atoms with van der Waals surface area (Å²) in [6.07, 6.45) is 3.05. The van der Waals surface area contributed by atoms with Crippen molar-refractivity contribution in [1.82, 2.24) is 10.6 Å². The number of benzene rings is 2. The number of hydrogen-bond donors (Lipinski definition) is 3. The number of nitrogens with zero attached hydrogens (tertiary/aromatic N) is 1. The molecule has 3 rings (SSSR count). The standard InChI is InChI=1S/C25H34N4O3/c1-4-26-25(27-16-18(2)32-23-14-6-5-13-22(23)31-3)28-17-19-9-7-12-21(15-19)29-24(30)20-10-8-11-20/h5-7,9,12-15,18,20H,4,8,10-11,16-17H2,1-3H3,(H,29,30)(H2,26,27,28). The summed E-state index contributed by atoms with van der Waals surface area (Å²) in [6, 6.07) is 15.5. The predicted molar refractivity (Wildman–Crippen MR) is 128 cm³/mol. The van der Waals surface area contributed by atoms with E-state index >= 15 is 0 Å². The maximum atomic E-state index is 12.2. The molecule has 172 valence electrons. The van der Waals surface area contributed by atoms with Gasteiger partial charge in [0, 0.05) is 18.2 Å². The van der Waals surface area contributed by atoms with Gasteiger partial charge in [0.25, 0.3) is 0 Å². The normalized spacial score (nSPS) is 14.8. The molecule has 1 saturated carbocycles. The second-order valence-corrected chi connectivity index (χ2v) is 7.97. The number of carbonyl (C=O) groups excluding carboxylic acids is 1. The van der Waals surface area contributed by atoms with Gasteiger partial charge in [-0.2, -0.15) is 0 Å². The summed E-state index contributed by atoms with van der Waals surface area (Å²) in [5.74, 6) is 2.43. The lowest BCUT2D eigenvalue weighted by atomic mass is 9.85. The van der Waals surface area contributed by atoms with Crippen molar-refractivity contribution in [2.24, 2.45) is 10.9 Å². The van der Waals surface area contributed by atoms with Crippen molar-refractivity contribution in [3.05, 3.63) is 54.1 Å². The Bertz CT molecular complexity index is 912. The van der Waals surface area contributed by atoms with Gasteiger partial charge in [-0.15, -0.1) is 0 Å². The molecule has 0 aliphatic heterocycles. The molecule has 0 bridgehead atoms. The lowest BCUT2D eigenvalue weighted by Crippen LogP contribution is -2.41. The van der Waals surface area contributed by atoms with Crippen molar-refractivity contribution in [3.8, 4) is 11.5 Å². The molecule has 2 aromatic rings. The molecule has 7 nitrogen and oxygen atoms in total. The van der Waals surface area contributed by atoms with E-state index in [1.165, 1.54) is 0 Å². The Balaban J connectivity index is 1.54. The average molecular weight is 439 g/mol. The second kappa shape index (κ2) is 12.0. The number of nitrogens with one attached hydrogen (secondary N) is 3. The van der Waals surface area contributed by atoms with E-state index in [-0.39, 0.29) is 17.9 Å². The first-order chi connectivity index (χ1) is 15.6. The molecule has 1 aliphatic carbocycles. The molecule has 0 spiro atoms. The van der Waals surface area contributed by atoms with Crippen LogP contribution in [0.1, 0.15) is 38.7 Å². The number of carbonyl (C=O) groups is 1. The van der Waals surface area contributed by atoms with Crippen LogP contribution < -0.4 is 25.4 Å². The van der Waals surface area contributed by atoms with Gasteiger partial charge >= 0.3 is 0 Å². The predicted octanol–water partition coefficient (Wildman–Crippen LogP) is 3.96. The number of para-hydroxylation sites is 2. The monoisotopic (exact) mass is 438 g/mol. The Morgan fingerprint density at radius 2 is 1.91 bits per heavy atom. The number of amides is 1. The van der Waals surface area contributed by atoms with E-state index in [9.17, 15) is 4.79 Å². The number of hydrogen-bond acceptors (Lipinski definition) is 4. The lowest BCUT2D eigenvalue weighted by molar-refractivity contribution is -0.122. The average Bonchev–Trinajstić information content (AvgIpc) is 2.75. The van der Waals surface area contributed by atoms with Crippen LogP contribution in [0, 0.1) is 5.92 Å². The first-order valence-corrected chi connectivity index (χ1v) is 11.3. The highest BCUT2D eigenvalue weighted by molar-refractivity contribution is 5.93. The van der Waals surface area contributed by atoms with Crippen LogP contribution in [0.3, 0.4) is 0 Å². The molecule has 7 heteroatoms. The second-order valence-electron chi connectivity index (χ2n) is 7.97. The van der Waals surface area contributed by atoms with Crippen LogP contribution >= 0.6 is 0 Å². The van der Waals surface area contributed by atoms with Crippen LogP contribution in [0.4, 0.5) is 5.69 Å². The molecular formula is C25H34N4O3. The van der Waals surface area contributed by atoms with Gasteiger partial charge in [0.15, 0.2) is 17.5 Å². The van der Waals surface area contributed by atoms with Crippen molar-refractivity contribution in [2.45, 2.75) is 45.8 Å². The minimum atomic E-state index is -0.0831. The molecule has 1 fully saturated rings. The lowest BCUT2D eigenvalue weighted by Gasteiger charge is -2.24. The summed E-state index contributed by atoms with van der Waals surface area (Å²) >= 11 is 0. The summed E-state index contributed by atoms with van der Waals surface area (Å²) in [6.45, 7) is 5.87. The maximum Gasteiger partial charge on any atom is 0.227 e. The number of anilines is 1. The highest BCUT2D eigenvalue weighted by atomic mass is 16.5. The first-order valence-electron chi connectivity index (χ1n) is 11.3. The Labute approximate surface area is 190 Å². The van der Waals surface area contributed by atoms with E-state index in [0.29, 0.717) is 30.5 Å². The van der Waals surface area contributed by atoms with E-state index in [1.807, 2.05) is 62.4 Å². The summed E-state index contributed by atoms with van der Waals surface area (Å²) in [5, 5.41) is 9.61. The first kappa shape index (κ1) is 23.4. The van der Waals surface area contributed by atoms with E-state index in [0.717, 1.165) is 37.1 Å². The summed E-state index contributed by atoms with van der Waals surface area (Å²) in [4.78, 5) is 16.9. The molecule has 0 radical (unpaired) electrons. The number of methoxy groups -OCH3 is 1. The molecule has 3 N–H and O–H groups in total. The summed E-state index contributed by atoms with van der Waals surface area (Å²) < 4.78 is 11.3. The minimum absolute atomic E-state index is 0.0831. The van der Waals surface area contributed by atoms with Gasteiger partial charge < -0.3 is 25.4 Å². The fourth-order valence-electron chi connectivity index (χ4n) is 3.39. The topological polar surface area (TPSA) is 84.0 Å². The number of guanidine groups is 1. The van der Waals surface area contributed by atoms with Crippen LogP contribution in [-0.2, 0) is 11.3 Å². The zero-order valence-electron chi connectivity index (χ0n) is 19.2. The van der Waals surface area contributed by atoms with Crippen LogP contribution in [0.25, 0.3) is 0 Å². The molecule has 0 heterocycles. The van der Waals surface area contributed by atoms with E-state index in [4.69, 9.17) is 9.47 Å². The van der Waals surface area contributed by atoms with Gasteiger partial charge in [0.05, 0.1) is 20.2 Å². The van der Waals surface area contributed by atoms with Gasteiger partial charge in [0.2, 0.25) is 5.91 Å². The molecule has 2 aromatic carbocycles. The molecule has 0 saturated heterocycles. The molecule has 1 amide bonds. The zero-order chi connectivity index (χ0) is 22.8. The van der Waals surface area contributed by atoms with E-state index in [2.05, 4.69) is 20.9 Å². The minimum Gasteiger partial charge on any atom is -0.493 e. The van der Waals surface area contributed by atoms with Gasteiger partial charge in [0.1, 0.15) is 6.10 Å². The van der Waals surface area contributed by atoms with Crippen molar-refractivity contribution < 1.29 is 14.3 Å². The number of rotatable bonds is 10. The Kier molecular flexibility index (Phi) is 8.78. The van der Waals surface area contributed by atoms with Gasteiger partial charge in [-0.3, -0.25) is 4.79 Å². The maximum absolute atomic E-state index is 12.2. The third kappa shape index (κ3) is 6.90. The van der Waals surface area contributed by atoms with Gasteiger partial charge in [-0.25, -0.2) is 4.99 Å². The van der Waals surface area contributed by atoms with Gasteiger partial charge in [-0.05, 0) is 56.5 Å². The Hall–Kier alpha value is -3.22. The SMILES string of the molecule is CCNC(=NCc1cccc(NC(=O)C2CCC2)c1)NCC(C)Oc1ccccc1OC. The highest BCUT2D eigenvalue weighted by Gasteiger charge is 2.25. The van der Waals surface area contributed by atoms with Crippen molar-refractivity contribution in [1.29, 1.82) is 0 Å². The summed E-state index contributed by atoms with van der Waals surface area (Å²) in [7, 11) is 1.63. The molecule has 1 aliphatic rings. The smallest absolute Gasteiger partial charge is 0.227 e. The fraction of sp³-hybridized carbons (Fsp3) is 0.440.